The number of hydrogen-bond acceptors (Lipinski definition) is 3. The van der Waals surface area contributed by atoms with Crippen molar-refractivity contribution in [3.63, 3.8) is 0 Å². The highest BCUT2D eigenvalue weighted by molar-refractivity contribution is 5.89. The number of likely N-dealkylation sites (tertiary alicyclic amines) is 1. The largest absolute Gasteiger partial charge is 0.324 e. The first-order chi connectivity index (χ1) is 12.7. The lowest BCUT2D eigenvalue weighted by atomic mass is 9.97. The van der Waals surface area contributed by atoms with Crippen LogP contribution in [0.4, 0.5) is 14.9 Å². The minimum Gasteiger partial charge on any atom is -0.324 e. The summed E-state index contributed by atoms with van der Waals surface area (Å²) >= 11 is 0. The molecule has 2 aromatic rings. The lowest BCUT2D eigenvalue weighted by Gasteiger charge is -2.32. The molecule has 0 spiro atoms. The number of carbonyl (C=O) groups excluding carboxylic acids is 1. The molecule has 1 atom stereocenters. The Hall–Kier alpha value is -2.44. The highest BCUT2D eigenvalue weighted by atomic mass is 19.1. The number of urea groups is 1. The van der Waals surface area contributed by atoms with E-state index in [0.29, 0.717) is 12.2 Å². The van der Waals surface area contributed by atoms with Gasteiger partial charge >= 0.3 is 6.03 Å². The molecule has 1 N–H and O–H groups in total. The van der Waals surface area contributed by atoms with Gasteiger partial charge in [0.05, 0.1) is 0 Å². The summed E-state index contributed by atoms with van der Waals surface area (Å²) in [7, 11) is 0. The summed E-state index contributed by atoms with van der Waals surface area (Å²) in [5.74, 6) is 2.03. The van der Waals surface area contributed by atoms with Crippen LogP contribution in [0.1, 0.15) is 49.7 Å². The number of nitrogens with zero attached hydrogens (tertiary/aromatic N) is 4. The number of piperidine rings is 1. The van der Waals surface area contributed by atoms with Crippen LogP contribution in [0.15, 0.2) is 24.3 Å². The topological polar surface area (TPSA) is 63.1 Å². The van der Waals surface area contributed by atoms with E-state index in [0.717, 1.165) is 44.0 Å². The van der Waals surface area contributed by atoms with Crippen molar-refractivity contribution in [1.29, 1.82) is 0 Å². The molecular weight excluding hydrogens is 333 g/mol. The van der Waals surface area contributed by atoms with E-state index in [2.05, 4.69) is 20.1 Å². The fraction of sp³-hybridized carbons (Fsp3) is 0.526. The first kappa shape index (κ1) is 17.0. The van der Waals surface area contributed by atoms with Crippen LogP contribution >= 0.6 is 0 Å². The molecule has 2 aliphatic heterocycles. The molecule has 0 aliphatic carbocycles. The van der Waals surface area contributed by atoms with E-state index in [1.807, 2.05) is 4.90 Å². The molecule has 4 rings (SSSR count). The van der Waals surface area contributed by atoms with Crippen molar-refractivity contribution in [3.8, 4) is 0 Å². The number of rotatable bonds is 2. The van der Waals surface area contributed by atoms with Crippen LogP contribution in [0.2, 0.25) is 0 Å². The third-order valence-corrected chi connectivity index (χ3v) is 5.31. The van der Waals surface area contributed by atoms with Crippen LogP contribution in [0.5, 0.6) is 0 Å². The summed E-state index contributed by atoms with van der Waals surface area (Å²) in [6, 6.07) is 5.71. The Bertz CT molecular complexity index is 773. The lowest BCUT2D eigenvalue weighted by molar-refractivity contribution is 0.190. The van der Waals surface area contributed by atoms with Crippen molar-refractivity contribution in [1.82, 2.24) is 19.7 Å². The maximum Gasteiger partial charge on any atom is 0.321 e. The van der Waals surface area contributed by atoms with Crippen molar-refractivity contribution in [3.05, 3.63) is 41.7 Å². The van der Waals surface area contributed by atoms with Crippen LogP contribution in [0.3, 0.4) is 0 Å². The number of hydrogen-bond donors (Lipinski definition) is 1. The second-order valence-electron chi connectivity index (χ2n) is 7.16. The van der Waals surface area contributed by atoms with Gasteiger partial charge in [-0.2, -0.15) is 0 Å². The number of nitrogens with one attached hydrogen (secondary N) is 1. The molecular formula is C19H24FN5O. The smallest absolute Gasteiger partial charge is 0.321 e. The number of halogens is 1. The van der Waals surface area contributed by atoms with Gasteiger partial charge in [0.2, 0.25) is 0 Å². The molecule has 1 aromatic heterocycles. The molecule has 2 amide bonds. The number of benzene rings is 1. The average Bonchev–Trinajstić information content (AvgIpc) is 2.92. The Balaban J connectivity index is 1.45. The van der Waals surface area contributed by atoms with E-state index in [9.17, 15) is 9.18 Å². The fourth-order valence-electron chi connectivity index (χ4n) is 3.92. The molecule has 2 aliphatic rings. The molecule has 0 saturated carbocycles. The molecule has 138 valence electrons. The number of anilines is 1. The standard InChI is InChI=1S/C19H24FN5O/c20-15-7-9-16(10-8-15)21-19(26)24-11-4-5-14(13-24)18-23-22-17-6-2-1-3-12-25(17)18/h7-10,14H,1-6,11-13H2,(H,21,26). The molecule has 0 radical (unpaired) electrons. The Morgan fingerprint density at radius 3 is 2.77 bits per heavy atom. The van der Waals surface area contributed by atoms with E-state index in [1.54, 1.807) is 12.1 Å². The van der Waals surface area contributed by atoms with Gasteiger partial charge in [-0.15, -0.1) is 10.2 Å². The van der Waals surface area contributed by atoms with Gasteiger partial charge in [-0.3, -0.25) is 0 Å². The monoisotopic (exact) mass is 357 g/mol. The second kappa shape index (κ2) is 7.43. The molecule has 1 fully saturated rings. The van der Waals surface area contributed by atoms with E-state index >= 15 is 0 Å². The number of aromatic nitrogens is 3. The van der Waals surface area contributed by atoms with Gasteiger partial charge in [0.25, 0.3) is 0 Å². The minimum atomic E-state index is -0.312. The third kappa shape index (κ3) is 3.57. The summed E-state index contributed by atoms with van der Waals surface area (Å²) in [6.45, 7) is 2.35. The highest BCUT2D eigenvalue weighted by Gasteiger charge is 2.29. The van der Waals surface area contributed by atoms with Crippen LogP contribution in [0.25, 0.3) is 0 Å². The van der Waals surface area contributed by atoms with E-state index < -0.39 is 0 Å². The van der Waals surface area contributed by atoms with E-state index in [-0.39, 0.29) is 17.8 Å². The third-order valence-electron chi connectivity index (χ3n) is 5.31. The summed E-state index contributed by atoms with van der Waals surface area (Å²) in [5, 5.41) is 11.7. The molecule has 7 heteroatoms. The fourth-order valence-corrected chi connectivity index (χ4v) is 3.92. The summed E-state index contributed by atoms with van der Waals surface area (Å²) in [5.41, 5.74) is 0.606. The van der Waals surface area contributed by atoms with Gasteiger partial charge in [-0.25, -0.2) is 9.18 Å². The van der Waals surface area contributed by atoms with Crippen molar-refractivity contribution >= 4 is 11.7 Å². The van der Waals surface area contributed by atoms with Gasteiger partial charge in [0.1, 0.15) is 17.5 Å². The van der Waals surface area contributed by atoms with E-state index in [4.69, 9.17) is 0 Å². The molecule has 3 heterocycles. The number of carbonyl (C=O) groups is 1. The number of aryl methyl sites for hydroxylation is 1. The Morgan fingerprint density at radius 1 is 1.08 bits per heavy atom. The Labute approximate surface area is 152 Å². The van der Waals surface area contributed by atoms with Crippen LogP contribution in [0, 0.1) is 5.82 Å². The maximum atomic E-state index is 13.0. The lowest BCUT2D eigenvalue weighted by Crippen LogP contribution is -2.42. The van der Waals surface area contributed by atoms with Crippen molar-refractivity contribution in [2.24, 2.45) is 0 Å². The van der Waals surface area contributed by atoms with Gasteiger partial charge in [-0.05, 0) is 49.9 Å². The first-order valence-electron chi connectivity index (χ1n) is 9.44. The summed E-state index contributed by atoms with van der Waals surface area (Å²) in [6.07, 6.45) is 6.55. The molecule has 26 heavy (non-hydrogen) atoms. The predicted molar refractivity (Wildman–Crippen MR) is 96.5 cm³/mol. The minimum absolute atomic E-state index is 0.142. The second-order valence-corrected chi connectivity index (χ2v) is 7.16. The van der Waals surface area contributed by atoms with Gasteiger partial charge < -0.3 is 14.8 Å². The quantitative estimate of drug-likeness (QED) is 0.894. The molecule has 1 saturated heterocycles. The van der Waals surface area contributed by atoms with Gasteiger partial charge in [0, 0.05) is 37.7 Å². The van der Waals surface area contributed by atoms with Gasteiger partial charge in [-0.1, -0.05) is 6.42 Å². The molecule has 6 nitrogen and oxygen atoms in total. The molecule has 0 bridgehead atoms. The normalized spacial score (nSPS) is 20.3. The Morgan fingerprint density at radius 2 is 1.92 bits per heavy atom. The van der Waals surface area contributed by atoms with Crippen LogP contribution < -0.4 is 5.32 Å². The van der Waals surface area contributed by atoms with Crippen molar-refractivity contribution < 1.29 is 9.18 Å². The highest BCUT2D eigenvalue weighted by Crippen LogP contribution is 2.28. The maximum absolute atomic E-state index is 13.0. The predicted octanol–water partition coefficient (Wildman–Crippen LogP) is 3.56. The molecule has 1 aromatic carbocycles. The molecule has 1 unspecified atom stereocenters. The summed E-state index contributed by atoms with van der Waals surface area (Å²) in [4.78, 5) is 14.4. The Kier molecular flexibility index (Phi) is 4.86. The van der Waals surface area contributed by atoms with Crippen LogP contribution in [-0.2, 0) is 13.0 Å². The van der Waals surface area contributed by atoms with Crippen molar-refractivity contribution in [2.45, 2.75) is 51.0 Å². The first-order valence-corrected chi connectivity index (χ1v) is 9.44. The summed E-state index contributed by atoms with van der Waals surface area (Å²) < 4.78 is 15.3. The average molecular weight is 357 g/mol. The number of fused-ring (bicyclic) bond motifs is 1. The number of amides is 2. The zero-order chi connectivity index (χ0) is 17.9. The van der Waals surface area contributed by atoms with Gasteiger partial charge in [0.15, 0.2) is 0 Å². The van der Waals surface area contributed by atoms with Crippen molar-refractivity contribution in [2.75, 3.05) is 18.4 Å². The zero-order valence-electron chi connectivity index (χ0n) is 14.8. The zero-order valence-corrected chi connectivity index (χ0v) is 14.8. The SMILES string of the molecule is O=C(Nc1ccc(F)cc1)N1CCCC(c2nnc3n2CCCCC3)C1. The van der Waals surface area contributed by atoms with E-state index in [1.165, 1.54) is 31.4 Å². The van der Waals surface area contributed by atoms with Crippen LogP contribution in [-0.4, -0.2) is 38.8 Å².